The molecule has 8 heteroatoms. The van der Waals surface area contributed by atoms with Crippen molar-refractivity contribution in [2.24, 2.45) is 23.7 Å². The van der Waals surface area contributed by atoms with E-state index in [0.29, 0.717) is 23.8 Å². The lowest BCUT2D eigenvalue weighted by molar-refractivity contribution is -0.277. The monoisotopic (exact) mass is 536 g/mol. The van der Waals surface area contributed by atoms with Crippen LogP contribution in [0.15, 0.2) is 54.6 Å². The van der Waals surface area contributed by atoms with Gasteiger partial charge in [0.05, 0.1) is 17.8 Å². The summed E-state index contributed by atoms with van der Waals surface area (Å²) in [5.41, 5.74) is -3.42. The first-order valence-electron chi connectivity index (χ1n) is 13.4. The Morgan fingerprint density at radius 3 is 2.39 bits per heavy atom. The van der Waals surface area contributed by atoms with Crippen molar-refractivity contribution in [3.8, 4) is 0 Å². The van der Waals surface area contributed by atoms with Crippen LogP contribution in [0.25, 0.3) is 0 Å². The molecule has 1 saturated carbocycles. The maximum Gasteiger partial charge on any atom is 0.432 e. The minimum Gasteiger partial charge on any atom is -0.455 e. The van der Waals surface area contributed by atoms with E-state index in [4.69, 9.17) is 14.2 Å². The van der Waals surface area contributed by atoms with Crippen LogP contribution in [0.3, 0.4) is 0 Å². The van der Waals surface area contributed by atoms with Gasteiger partial charge in [-0.2, -0.15) is 13.2 Å². The van der Waals surface area contributed by atoms with Crippen molar-refractivity contribution >= 4 is 5.97 Å². The Labute approximate surface area is 223 Å². The lowest BCUT2D eigenvalue weighted by atomic mass is 9.61. The Bertz CT molecular complexity index is 1050. The molecule has 1 aromatic carbocycles. The molecule has 0 spiro atoms. The van der Waals surface area contributed by atoms with Gasteiger partial charge < -0.3 is 19.3 Å². The van der Waals surface area contributed by atoms with Crippen LogP contribution in [0.1, 0.15) is 58.4 Å². The molecule has 0 aromatic heterocycles. The van der Waals surface area contributed by atoms with Gasteiger partial charge in [0.25, 0.3) is 5.60 Å². The van der Waals surface area contributed by atoms with Crippen LogP contribution in [0, 0.1) is 23.7 Å². The number of carbonyl (C=O) groups is 1. The SMILES string of the molecule is C=C1CC[C@H](C(C)C)[C@@H]2[C@H]1[C@H]1CC(=C)[C@@H](OC(=O)[C@@](OC)(c3ccccc3)C(F)(F)F)CC[C@@](C)(O)[C@@H]2O1. The first-order chi connectivity index (χ1) is 17.7. The van der Waals surface area contributed by atoms with Gasteiger partial charge in [0.15, 0.2) is 0 Å². The van der Waals surface area contributed by atoms with E-state index >= 15 is 0 Å². The van der Waals surface area contributed by atoms with Gasteiger partial charge in [-0.1, -0.05) is 62.9 Å². The van der Waals surface area contributed by atoms with Gasteiger partial charge in [0, 0.05) is 18.6 Å². The lowest BCUT2D eigenvalue weighted by Crippen LogP contribution is -2.53. The number of alkyl halides is 3. The summed E-state index contributed by atoms with van der Waals surface area (Å²) < 4.78 is 60.3. The molecule has 2 heterocycles. The van der Waals surface area contributed by atoms with Crippen molar-refractivity contribution in [2.75, 3.05) is 7.11 Å². The van der Waals surface area contributed by atoms with E-state index in [1.165, 1.54) is 24.3 Å². The topological polar surface area (TPSA) is 65.0 Å². The minimum absolute atomic E-state index is 0.00335. The molecular formula is C30H39F3O5. The van der Waals surface area contributed by atoms with Gasteiger partial charge in [-0.15, -0.1) is 0 Å². The van der Waals surface area contributed by atoms with E-state index in [1.807, 2.05) is 0 Å². The fourth-order valence-electron chi connectivity index (χ4n) is 6.95. The third kappa shape index (κ3) is 4.84. The zero-order valence-electron chi connectivity index (χ0n) is 22.6. The number of rotatable bonds is 5. The zero-order valence-corrected chi connectivity index (χ0v) is 22.6. The first kappa shape index (κ1) is 28.8. The number of benzene rings is 1. The molecule has 2 saturated heterocycles. The maximum absolute atomic E-state index is 14.4. The van der Waals surface area contributed by atoms with Crippen LogP contribution < -0.4 is 0 Å². The standard InChI is InChI=1S/C30H39F3O5/c1-17(2)21-13-12-18(3)24-23-16-19(4)22(14-15-28(5,35)26(37-23)25(21)24)38-27(34)29(36-6,30(31,32)33)20-10-8-7-9-11-20/h7-11,17,21-26,35H,3-4,12-16H2,1-2,5-6H3/t21-,22+,23-,24-,25-,26-,28-,29+/m1/s1. The average Bonchev–Trinajstić information content (AvgIpc) is 3.24. The summed E-state index contributed by atoms with van der Waals surface area (Å²) >= 11 is 0. The molecule has 5 nitrogen and oxygen atoms in total. The largest absolute Gasteiger partial charge is 0.455 e. The molecule has 2 aliphatic heterocycles. The summed E-state index contributed by atoms with van der Waals surface area (Å²) in [5, 5.41) is 11.6. The number of hydrogen-bond donors (Lipinski definition) is 1. The quantitative estimate of drug-likeness (QED) is 0.363. The highest BCUT2D eigenvalue weighted by atomic mass is 19.4. The maximum atomic E-state index is 14.4. The molecule has 210 valence electrons. The number of halogens is 3. The first-order valence-corrected chi connectivity index (χ1v) is 13.4. The molecule has 38 heavy (non-hydrogen) atoms. The Hall–Kier alpha value is -2.16. The smallest absolute Gasteiger partial charge is 0.432 e. The Balaban J connectivity index is 1.65. The van der Waals surface area contributed by atoms with Crippen LogP contribution in [-0.4, -0.2) is 48.3 Å². The molecule has 2 bridgehead atoms. The predicted molar refractivity (Wildman–Crippen MR) is 137 cm³/mol. The Morgan fingerprint density at radius 1 is 1.16 bits per heavy atom. The number of hydrogen-bond acceptors (Lipinski definition) is 5. The number of ether oxygens (including phenoxy) is 3. The number of esters is 1. The summed E-state index contributed by atoms with van der Waals surface area (Å²) in [6, 6.07) is 6.75. The third-order valence-electron chi connectivity index (χ3n) is 8.97. The van der Waals surface area contributed by atoms with Gasteiger partial charge in [-0.3, -0.25) is 0 Å². The highest BCUT2D eigenvalue weighted by Gasteiger charge is 2.64. The van der Waals surface area contributed by atoms with E-state index in [1.54, 1.807) is 13.0 Å². The molecule has 0 amide bonds. The molecule has 3 aliphatic rings. The number of carbonyl (C=O) groups excluding carboxylic acids is 1. The number of aliphatic hydroxyl groups is 1. The molecule has 8 atom stereocenters. The van der Waals surface area contributed by atoms with Crippen LogP contribution in [0.4, 0.5) is 13.2 Å². The van der Waals surface area contributed by atoms with Gasteiger partial charge in [-0.05, 0) is 62.4 Å². The van der Waals surface area contributed by atoms with Crippen molar-refractivity contribution in [3.05, 3.63) is 60.2 Å². The predicted octanol–water partition coefficient (Wildman–Crippen LogP) is 6.12. The molecule has 1 N–H and O–H groups in total. The fourth-order valence-corrected chi connectivity index (χ4v) is 6.95. The van der Waals surface area contributed by atoms with Gasteiger partial charge in [0.2, 0.25) is 0 Å². The van der Waals surface area contributed by atoms with Crippen molar-refractivity contribution in [1.29, 1.82) is 0 Å². The second-order valence-electron chi connectivity index (χ2n) is 11.7. The van der Waals surface area contributed by atoms with Gasteiger partial charge in [0.1, 0.15) is 6.10 Å². The number of methoxy groups -OCH3 is 1. The molecule has 0 radical (unpaired) electrons. The summed E-state index contributed by atoms with van der Waals surface area (Å²) in [5.74, 6) is -0.717. The third-order valence-corrected chi connectivity index (χ3v) is 8.97. The molecular weight excluding hydrogens is 497 g/mol. The molecule has 3 fully saturated rings. The van der Waals surface area contributed by atoms with Crippen LogP contribution in [0.2, 0.25) is 0 Å². The van der Waals surface area contributed by atoms with Gasteiger partial charge in [-0.25, -0.2) is 4.79 Å². The normalized spacial score (nSPS) is 35.6. The van der Waals surface area contributed by atoms with Crippen LogP contribution in [-0.2, 0) is 24.6 Å². The van der Waals surface area contributed by atoms with Crippen molar-refractivity contribution in [3.63, 3.8) is 0 Å². The highest BCUT2D eigenvalue weighted by Crippen LogP contribution is 2.55. The van der Waals surface area contributed by atoms with Crippen molar-refractivity contribution in [2.45, 2.75) is 88.6 Å². The Kier molecular flexibility index (Phi) is 7.92. The second kappa shape index (κ2) is 10.4. The molecule has 1 aromatic rings. The van der Waals surface area contributed by atoms with E-state index in [9.17, 15) is 23.1 Å². The highest BCUT2D eigenvalue weighted by molar-refractivity contribution is 5.83. The Morgan fingerprint density at radius 2 is 1.82 bits per heavy atom. The summed E-state index contributed by atoms with van der Waals surface area (Å²) in [7, 11) is 0.845. The summed E-state index contributed by atoms with van der Waals surface area (Å²) in [6.45, 7) is 14.5. The van der Waals surface area contributed by atoms with E-state index in [0.717, 1.165) is 25.5 Å². The van der Waals surface area contributed by atoms with Crippen LogP contribution in [0.5, 0.6) is 0 Å². The van der Waals surface area contributed by atoms with E-state index in [2.05, 4.69) is 27.0 Å². The molecule has 0 unspecified atom stereocenters. The summed E-state index contributed by atoms with van der Waals surface area (Å²) in [4.78, 5) is 13.3. The molecule has 1 aliphatic carbocycles. The van der Waals surface area contributed by atoms with Gasteiger partial charge >= 0.3 is 12.1 Å². The van der Waals surface area contributed by atoms with Crippen molar-refractivity contribution < 1.29 is 37.3 Å². The fraction of sp³-hybridized carbons (Fsp3) is 0.633. The van der Waals surface area contributed by atoms with Crippen molar-refractivity contribution in [1.82, 2.24) is 0 Å². The minimum atomic E-state index is -5.08. The lowest BCUT2D eigenvalue weighted by Gasteiger charge is -2.44. The zero-order chi connectivity index (χ0) is 28.0. The average molecular weight is 537 g/mol. The van der Waals surface area contributed by atoms with E-state index in [-0.39, 0.29) is 36.3 Å². The van der Waals surface area contributed by atoms with E-state index < -0.39 is 35.6 Å². The number of fused-ring (bicyclic) bond motifs is 5. The molecule has 4 rings (SSSR count). The summed E-state index contributed by atoms with van der Waals surface area (Å²) in [6.07, 6.45) is -4.50. The van der Waals surface area contributed by atoms with Crippen LogP contribution >= 0.6 is 0 Å². The second-order valence-corrected chi connectivity index (χ2v) is 11.7.